The maximum Gasteiger partial charge on any atom is 0.126 e. The summed E-state index contributed by atoms with van der Waals surface area (Å²) in [5.41, 5.74) is 0. The van der Waals surface area contributed by atoms with Crippen LogP contribution in [0.5, 0.6) is 0 Å². The van der Waals surface area contributed by atoms with Crippen LogP contribution in [0.3, 0.4) is 0 Å². The topological polar surface area (TPSA) is 69.9 Å². The average Bonchev–Trinajstić information content (AvgIpc) is 2.42. The number of hydrogen-bond acceptors (Lipinski definition) is 4. The molecule has 1 unspecified atom stereocenters. The molecule has 0 amide bonds. The first-order valence-corrected chi connectivity index (χ1v) is 8.39. The molecular weight excluding hydrogens is 270 g/mol. The predicted molar refractivity (Wildman–Crippen MR) is 85.2 cm³/mol. The molecule has 0 heterocycles. The standard InChI is InChI=1S/C16H36NO4/c1-3-4-5-6-7-8-13-21-15-16(20)14-17(2,9-11-18)10-12-19/h16,18-20H,3-15H2,1-2H3/q+1. The van der Waals surface area contributed by atoms with E-state index < -0.39 is 6.10 Å². The molecule has 0 rings (SSSR count). The van der Waals surface area contributed by atoms with Crippen LogP contribution >= 0.6 is 0 Å². The SMILES string of the molecule is CCCCCCCCOCC(O)C[N+](C)(CCO)CCO. The van der Waals surface area contributed by atoms with Crippen molar-refractivity contribution in [1.82, 2.24) is 0 Å². The number of hydrogen-bond donors (Lipinski definition) is 3. The average molecular weight is 306 g/mol. The number of rotatable bonds is 15. The van der Waals surface area contributed by atoms with Crippen LogP contribution in [0.4, 0.5) is 0 Å². The Morgan fingerprint density at radius 2 is 1.52 bits per heavy atom. The van der Waals surface area contributed by atoms with E-state index in [1.54, 1.807) is 0 Å². The van der Waals surface area contributed by atoms with Crippen LogP contribution in [0.25, 0.3) is 0 Å². The first kappa shape index (κ1) is 20.8. The number of ether oxygens (including phenoxy) is 1. The van der Waals surface area contributed by atoms with E-state index in [9.17, 15) is 5.11 Å². The van der Waals surface area contributed by atoms with Crippen LogP contribution in [0, 0.1) is 0 Å². The van der Waals surface area contributed by atoms with E-state index in [0.29, 0.717) is 37.3 Å². The number of quaternary nitrogens is 1. The molecule has 5 nitrogen and oxygen atoms in total. The highest BCUT2D eigenvalue weighted by molar-refractivity contribution is 4.54. The molecule has 0 aromatic heterocycles. The fourth-order valence-corrected chi connectivity index (χ4v) is 2.54. The van der Waals surface area contributed by atoms with Crippen LogP contribution < -0.4 is 0 Å². The summed E-state index contributed by atoms with van der Waals surface area (Å²) >= 11 is 0. The van der Waals surface area contributed by atoms with Gasteiger partial charge in [0.25, 0.3) is 0 Å². The highest BCUT2D eigenvalue weighted by atomic mass is 16.5. The molecule has 0 aliphatic heterocycles. The van der Waals surface area contributed by atoms with E-state index in [1.165, 1.54) is 32.1 Å². The molecule has 0 aromatic rings. The van der Waals surface area contributed by atoms with Gasteiger partial charge in [0.05, 0.1) is 26.9 Å². The molecule has 0 fully saturated rings. The van der Waals surface area contributed by atoms with Gasteiger partial charge in [-0.3, -0.25) is 0 Å². The van der Waals surface area contributed by atoms with E-state index in [-0.39, 0.29) is 13.2 Å². The van der Waals surface area contributed by atoms with Gasteiger partial charge in [-0.2, -0.15) is 0 Å². The minimum atomic E-state index is -0.548. The van der Waals surface area contributed by atoms with Crippen LogP contribution in [0.1, 0.15) is 45.4 Å². The van der Waals surface area contributed by atoms with Crippen molar-refractivity contribution in [2.75, 3.05) is 53.1 Å². The van der Waals surface area contributed by atoms with Crippen molar-refractivity contribution >= 4 is 0 Å². The lowest BCUT2D eigenvalue weighted by atomic mass is 10.1. The number of aliphatic hydroxyl groups is 3. The van der Waals surface area contributed by atoms with Gasteiger partial charge in [-0.25, -0.2) is 0 Å². The fourth-order valence-electron chi connectivity index (χ4n) is 2.54. The molecule has 0 radical (unpaired) electrons. The van der Waals surface area contributed by atoms with Gasteiger partial charge in [-0.05, 0) is 6.42 Å². The molecule has 21 heavy (non-hydrogen) atoms. The Kier molecular flexibility index (Phi) is 13.3. The summed E-state index contributed by atoms with van der Waals surface area (Å²) in [5, 5.41) is 28.1. The Bertz CT molecular complexity index is 220. The fraction of sp³-hybridized carbons (Fsp3) is 1.00. The normalized spacial score (nSPS) is 13.6. The van der Waals surface area contributed by atoms with E-state index in [0.717, 1.165) is 6.42 Å². The number of likely N-dealkylation sites (N-methyl/N-ethyl adjacent to an activating group) is 1. The number of unbranched alkanes of at least 4 members (excludes halogenated alkanes) is 5. The molecule has 0 spiro atoms. The van der Waals surface area contributed by atoms with Crippen molar-refractivity contribution in [1.29, 1.82) is 0 Å². The smallest absolute Gasteiger partial charge is 0.126 e. The van der Waals surface area contributed by atoms with Gasteiger partial charge < -0.3 is 24.5 Å². The van der Waals surface area contributed by atoms with Gasteiger partial charge in [0, 0.05) is 6.61 Å². The van der Waals surface area contributed by atoms with E-state index in [2.05, 4.69) is 6.92 Å². The summed E-state index contributed by atoms with van der Waals surface area (Å²) < 4.78 is 5.99. The van der Waals surface area contributed by atoms with E-state index >= 15 is 0 Å². The van der Waals surface area contributed by atoms with Gasteiger partial charge in [0.1, 0.15) is 25.7 Å². The minimum absolute atomic E-state index is 0.0574. The second-order valence-corrected chi connectivity index (χ2v) is 6.19. The third-order valence-corrected chi connectivity index (χ3v) is 3.88. The first-order chi connectivity index (χ1) is 10.1. The summed E-state index contributed by atoms with van der Waals surface area (Å²) in [6.45, 7) is 4.93. The van der Waals surface area contributed by atoms with E-state index in [1.807, 2.05) is 7.05 Å². The van der Waals surface area contributed by atoms with Crippen LogP contribution in [0.15, 0.2) is 0 Å². The minimum Gasteiger partial charge on any atom is -0.391 e. The maximum absolute atomic E-state index is 10.0. The molecule has 0 aliphatic rings. The van der Waals surface area contributed by atoms with Crippen molar-refractivity contribution in [2.45, 2.75) is 51.6 Å². The third-order valence-electron chi connectivity index (χ3n) is 3.88. The van der Waals surface area contributed by atoms with E-state index in [4.69, 9.17) is 14.9 Å². The Hall–Kier alpha value is -0.200. The Morgan fingerprint density at radius 1 is 0.952 bits per heavy atom. The second kappa shape index (κ2) is 13.5. The second-order valence-electron chi connectivity index (χ2n) is 6.19. The molecule has 1 atom stereocenters. The van der Waals surface area contributed by atoms with Crippen molar-refractivity contribution in [3.63, 3.8) is 0 Å². The maximum atomic E-state index is 10.0. The third kappa shape index (κ3) is 12.1. The van der Waals surface area contributed by atoms with Crippen molar-refractivity contribution in [3.05, 3.63) is 0 Å². The molecule has 128 valence electrons. The monoisotopic (exact) mass is 306 g/mol. The predicted octanol–water partition coefficient (Wildman–Crippen LogP) is 1.16. The highest BCUT2D eigenvalue weighted by Crippen LogP contribution is 2.06. The number of aliphatic hydroxyl groups excluding tert-OH is 3. The quantitative estimate of drug-likeness (QED) is 0.314. The van der Waals surface area contributed by atoms with Gasteiger partial charge in [0.2, 0.25) is 0 Å². The van der Waals surface area contributed by atoms with Crippen LogP contribution in [0.2, 0.25) is 0 Å². The molecule has 0 bridgehead atoms. The first-order valence-electron chi connectivity index (χ1n) is 8.39. The Morgan fingerprint density at radius 3 is 2.10 bits per heavy atom. The summed E-state index contributed by atoms with van der Waals surface area (Å²) in [6, 6.07) is 0. The molecule has 5 heteroatoms. The number of nitrogens with zero attached hydrogens (tertiary/aromatic N) is 1. The summed E-state index contributed by atoms with van der Waals surface area (Å²) in [6.07, 6.45) is 6.84. The Balaban J connectivity index is 3.66. The molecular formula is C16H36NO4+. The lowest BCUT2D eigenvalue weighted by molar-refractivity contribution is -0.913. The van der Waals surface area contributed by atoms with Crippen molar-refractivity contribution in [3.8, 4) is 0 Å². The largest absolute Gasteiger partial charge is 0.391 e. The van der Waals surface area contributed by atoms with Crippen molar-refractivity contribution in [2.24, 2.45) is 0 Å². The molecule has 0 aromatic carbocycles. The molecule has 0 saturated carbocycles. The lowest BCUT2D eigenvalue weighted by Gasteiger charge is -2.35. The van der Waals surface area contributed by atoms with Gasteiger partial charge in [-0.1, -0.05) is 39.0 Å². The van der Waals surface area contributed by atoms with Gasteiger partial charge in [0.15, 0.2) is 0 Å². The lowest BCUT2D eigenvalue weighted by Crippen LogP contribution is -2.52. The Labute approximate surface area is 130 Å². The molecule has 0 saturated heterocycles. The zero-order chi connectivity index (χ0) is 16.0. The zero-order valence-electron chi connectivity index (χ0n) is 14.0. The van der Waals surface area contributed by atoms with Crippen LogP contribution in [-0.4, -0.2) is 79.0 Å². The van der Waals surface area contributed by atoms with Gasteiger partial charge in [-0.15, -0.1) is 0 Å². The molecule has 0 aliphatic carbocycles. The summed E-state index contributed by atoms with van der Waals surface area (Å²) in [4.78, 5) is 0. The highest BCUT2D eigenvalue weighted by Gasteiger charge is 2.24. The zero-order valence-corrected chi connectivity index (χ0v) is 14.0. The van der Waals surface area contributed by atoms with Crippen LogP contribution in [-0.2, 0) is 4.74 Å². The summed E-state index contributed by atoms with van der Waals surface area (Å²) in [5.74, 6) is 0. The van der Waals surface area contributed by atoms with Gasteiger partial charge >= 0.3 is 0 Å². The summed E-state index contributed by atoms with van der Waals surface area (Å²) in [7, 11) is 1.93. The van der Waals surface area contributed by atoms with Crippen molar-refractivity contribution < 1.29 is 24.5 Å². The molecule has 3 N–H and O–H groups in total.